The zero-order chi connectivity index (χ0) is 17.9. The van der Waals surface area contributed by atoms with Crippen LogP contribution in [0, 0.1) is 0 Å². The lowest BCUT2D eigenvalue weighted by atomic mass is 10.0. The van der Waals surface area contributed by atoms with Crippen LogP contribution in [-0.4, -0.2) is 37.9 Å². The summed E-state index contributed by atoms with van der Waals surface area (Å²) in [6.45, 7) is 1.84. The second kappa shape index (κ2) is 7.01. The van der Waals surface area contributed by atoms with Gasteiger partial charge in [-0.3, -0.25) is 10.1 Å². The second-order valence-electron chi connectivity index (χ2n) is 6.69. The van der Waals surface area contributed by atoms with E-state index in [1.165, 1.54) is 0 Å². The Bertz CT molecular complexity index is 818. The Balaban J connectivity index is 1.65. The standard InChI is InChI=1S/C18H22N2O4S/c1-18(9-11-25(22,23)13-18)20-16(21)12-19-17(15-8-5-10-24-15)14-6-3-2-4-7-14/h2-8,10,17,19H,9,11-13H2,1H3,(H,20,21)/t17-,18+/m0/s1. The summed E-state index contributed by atoms with van der Waals surface area (Å²) in [6, 6.07) is 13.1. The lowest BCUT2D eigenvalue weighted by molar-refractivity contribution is -0.121. The molecule has 2 aromatic rings. The first kappa shape index (κ1) is 17.7. The highest BCUT2D eigenvalue weighted by atomic mass is 32.2. The molecule has 0 spiro atoms. The summed E-state index contributed by atoms with van der Waals surface area (Å²) in [6.07, 6.45) is 2.04. The number of carbonyl (C=O) groups excluding carboxylic acids is 1. The number of furan rings is 1. The molecule has 1 aromatic carbocycles. The minimum Gasteiger partial charge on any atom is -0.467 e. The highest BCUT2D eigenvalue weighted by molar-refractivity contribution is 7.91. The molecular weight excluding hydrogens is 340 g/mol. The third kappa shape index (κ3) is 4.49. The molecule has 1 aromatic heterocycles. The monoisotopic (exact) mass is 362 g/mol. The van der Waals surface area contributed by atoms with Crippen molar-refractivity contribution in [2.24, 2.45) is 0 Å². The number of carbonyl (C=O) groups is 1. The molecule has 1 amide bonds. The lowest BCUT2D eigenvalue weighted by Crippen LogP contribution is -2.50. The van der Waals surface area contributed by atoms with Gasteiger partial charge in [0.15, 0.2) is 9.84 Å². The van der Waals surface area contributed by atoms with Gasteiger partial charge < -0.3 is 9.73 Å². The third-order valence-corrected chi connectivity index (χ3v) is 6.27. The quantitative estimate of drug-likeness (QED) is 0.816. The topological polar surface area (TPSA) is 88.4 Å². The lowest BCUT2D eigenvalue weighted by Gasteiger charge is -2.25. The Morgan fingerprint density at radius 1 is 1.24 bits per heavy atom. The number of nitrogens with one attached hydrogen (secondary N) is 2. The fraction of sp³-hybridized carbons (Fsp3) is 0.389. The van der Waals surface area contributed by atoms with Crippen molar-refractivity contribution in [3.05, 3.63) is 60.1 Å². The summed E-state index contributed by atoms with van der Waals surface area (Å²) in [5.74, 6) is 0.600. The largest absolute Gasteiger partial charge is 0.467 e. The number of benzene rings is 1. The van der Waals surface area contributed by atoms with Crippen LogP contribution in [0.1, 0.15) is 30.7 Å². The Hall–Kier alpha value is -2.12. The molecule has 134 valence electrons. The average molecular weight is 362 g/mol. The first-order valence-corrected chi connectivity index (χ1v) is 10.0. The number of rotatable bonds is 6. The van der Waals surface area contributed by atoms with E-state index in [4.69, 9.17) is 4.42 Å². The molecular formula is C18H22N2O4S. The average Bonchev–Trinajstić information content (AvgIpc) is 3.17. The van der Waals surface area contributed by atoms with E-state index in [9.17, 15) is 13.2 Å². The van der Waals surface area contributed by atoms with Gasteiger partial charge in [-0.2, -0.15) is 0 Å². The smallest absolute Gasteiger partial charge is 0.234 e. The maximum Gasteiger partial charge on any atom is 0.234 e. The fourth-order valence-electron chi connectivity index (χ4n) is 3.17. The molecule has 3 rings (SSSR count). The van der Waals surface area contributed by atoms with Crippen molar-refractivity contribution >= 4 is 15.7 Å². The Morgan fingerprint density at radius 2 is 2.00 bits per heavy atom. The molecule has 2 heterocycles. The van der Waals surface area contributed by atoms with Gasteiger partial charge in [0.05, 0.1) is 35.9 Å². The summed E-state index contributed by atoms with van der Waals surface area (Å²) in [7, 11) is -3.06. The zero-order valence-electron chi connectivity index (χ0n) is 14.1. The summed E-state index contributed by atoms with van der Waals surface area (Å²) in [5.41, 5.74) is 0.296. The predicted octanol–water partition coefficient (Wildman–Crippen LogP) is 1.65. The van der Waals surface area contributed by atoms with Gasteiger partial charge >= 0.3 is 0 Å². The van der Waals surface area contributed by atoms with Crippen LogP contribution in [0.4, 0.5) is 0 Å². The van der Waals surface area contributed by atoms with Gasteiger partial charge in [-0.1, -0.05) is 30.3 Å². The predicted molar refractivity (Wildman–Crippen MR) is 94.8 cm³/mol. The molecule has 6 nitrogen and oxygen atoms in total. The SMILES string of the molecule is C[C@@]1(NC(=O)CN[C@@H](c2ccccc2)c2ccco2)CCS(=O)(=O)C1. The molecule has 0 unspecified atom stereocenters. The van der Waals surface area contributed by atoms with Crippen LogP contribution >= 0.6 is 0 Å². The fourth-order valence-corrected chi connectivity index (χ4v) is 5.26. The van der Waals surface area contributed by atoms with Gasteiger partial charge in [-0.05, 0) is 31.0 Å². The molecule has 25 heavy (non-hydrogen) atoms. The maximum absolute atomic E-state index is 12.3. The van der Waals surface area contributed by atoms with Crippen molar-refractivity contribution in [3.8, 4) is 0 Å². The summed E-state index contributed by atoms with van der Waals surface area (Å²) < 4.78 is 28.8. The van der Waals surface area contributed by atoms with E-state index in [0.717, 1.165) is 5.56 Å². The number of hydrogen-bond acceptors (Lipinski definition) is 5. The van der Waals surface area contributed by atoms with E-state index >= 15 is 0 Å². The maximum atomic E-state index is 12.3. The highest BCUT2D eigenvalue weighted by Crippen LogP contribution is 2.24. The van der Waals surface area contributed by atoms with Gasteiger partial charge in [0.1, 0.15) is 5.76 Å². The zero-order valence-corrected chi connectivity index (χ0v) is 14.9. The van der Waals surface area contributed by atoms with E-state index in [1.807, 2.05) is 36.4 Å². The first-order chi connectivity index (χ1) is 11.9. The van der Waals surface area contributed by atoms with Crippen molar-refractivity contribution in [1.82, 2.24) is 10.6 Å². The van der Waals surface area contributed by atoms with Crippen LogP contribution in [0.25, 0.3) is 0 Å². The van der Waals surface area contributed by atoms with Crippen molar-refractivity contribution in [3.63, 3.8) is 0 Å². The molecule has 1 fully saturated rings. The van der Waals surface area contributed by atoms with Gasteiger partial charge in [0.25, 0.3) is 0 Å². The summed E-state index contributed by atoms with van der Waals surface area (Å²) in [5, 5.41) is 6.05. The Kier molecular flexibility index (Phi) is 4.96. The molecule has 0 radical (unpaired) electrons. The van der Waals surface area contributed by atoms with E-state index < -0.39 is 15.4 Å². The summed E-state index contributed by atoms with van der Waals surface area (Å²) in [4.78, 5) is 12.3. The van der Waals surface area contributed by atoms with Crippen molar-refractivity contribution < 1.29 is 17.6 Å². The number of sulfone groups is 1. The van der Waals surface area contributed by atoms with Gasteiger partial charge in [-0.15, -0.1) is 0 Å². The Morgan fingerprint density at radius 3 is 2.60 bits per heavy atom. The van der Waals surface area contributed by atoms with Crippen molar-refractivity contribution in [1.29, 1.82) is 0 Å². The van der Waals surface area contributed by atoms with Crippen molar-refractivity contribution in [2.75, 3.05) is 18.1 Å². The van der Waals surface area contributed by atoms with E-state index in [0.29, 0.717) is 12.2 Å². The van der Waals surface area contributed by atoms with Crippen LogP contribution in [-0.2, 0) is 14.6 Å². The van der Waals surface area contributed by atoms with Gasteiger partial charge in [0.2, 0.25) is 5.91 Å². The highest BCUT2D eigenvalue weighted by Gasteiger charge is 2.39. The summed E-state index contributed by atoms with van der Waals surface area (Å²) >= 11 is 0. The first-order valence-electron chi connectivity index (χ1n) is 8.20. The number of hydrogen-bond donors (Lipinski definition) is 2. The van der Waals surface area contributed by atoms with Gasteiger partial charge in [0, 0.05) is 0 Å². The molecule has 1 saturated heterocycles. The van der Waals surface area contributed by atoms with Crippen LogP contribution in [0.2, 0.25) is 0 Å². The van der Waals surface area contributed by atoms with Crippen LogP contribution in [0.5, 0.6) is 0 Å². The molecule has 0 saturated carbocycles. The molecule has 2 atom stereocenters. The minimum absolute atomic E-state index is 0.00790. The molecule has 2 N–H and O–H groups in total. The van der Waals surface area contributed by atoms with Crippen LogP contribution in [0.3, 0.4) is 0 Å². The van der Waals surface area contributed by atoms with Crippen molar-refractivity contribution in [2.45, 2.75) is 24.9 Å². The normalized spacial score (nSPS) is 23.2. The van der Waals surface area contributed by atoms with E-state index in [1.54, 1.807) is 19.3 Å². The third-order valence-electron chi connectivity index (χ3n) is 4.37. The molecule has 0 aliphatic carbocycles. The van der Waals surface area contributed by atoms with E-state index in [2.05, 4.69) is 10.6 Å². The molecule has 0 bridgehead atoms. The molecule has 7 heteroatoms. The van der Waals surface area contributed by atoms with Crippen LogP contribution in [0.15, 0.2) is 53.1 Å². The second-order valence-corrected chi connectivity index (χ2v) is 8.87. The van der Waals surface area contributed by atoms with Gasteiger partial charge in [-0.25, -0.2) is 8.42 Å². The number of amides is 1. The minimum atomic E-state index is -3.06. The Labute approximate surface area is 147 Å². The van der Waals surface area contributed by atoms with E-state index in [-0.39, 0.29) is 30.0 Å². The molecule has 1 aliphatic rings. The van der Waals surface area contributed by atoms with Crippen LogP contribution < -0.4 is 10.6 Å². The molecule has 1 aliphatic heterocycles.